The molecule has 1 fully saturated rings. The number of nitrogen functional groups attached to an aromatic ring is 1. The SMILES string of the molecule is Nc1cc(F)c(Cl)cc1NCC1CCS(=O)(=O)C1. The Morgan fingerprint density at radius 2 is 2.22 bits per heavy atom. The smallest absolute Gasteiger partial charge is 0.150 e. The summed E-state index contributed by atoms with van der Waals surface area (Å²) in [6.07, 6.45) is 0.643. The topological polar surface area (TPSA) is 72.2 Å². The van der Waals surface area contributed by atoms with Crippen molar-refractivity contribution in [1.82, 2.24) is 0 Å². The van der Waals surface area contributed by atoms with Crippen molar-refractivity contribution in [2.24, 2.45) is 5.92 Å². The van der Waals surface area contributed by atoms with E-state index in [0.29, 0.717) is 18.7 Å². The molecule has 100 valence electrons. The Hall–Kier alpha value is -1.01. The fourth-order valence-corrected chi connectivity index (χ4v) is 4.03. The average molecular weight is 293 g/mol. The van der Waals surface area contributed by atoms with E-state index in [0.717, 1.165) is 6.07 Å². The Labute approximate surface area is 110 Å². The van der Waals surface area contributed by atoms with E-state index in [-0.39, 0.29) is 28.1 Å². The molecule has 0 aromatic heterocycles. The zero-order valence-electron chi connectivity index (χ0n) is 9.62. The first-order chi connectivity index (χ1) is 8.37. The van der Waals surface area contributed by atoms with Crippen molar-refractivity contribution in [2.45, 2.75) is 6.42 Å². The maximum absolute atomic E-state index is 13.1. The van der Waals surface area contributed by atoms with Gasteiger partial charge < -0.3 is 11.1 Å². The van der Waals surface area contributed by atoms with Gasteiger partial charge in [0.1, 0.15) is 5.82 Å². The van der Waals surface area contributed by atoms with Gasteiger partial charge in [-0.1, -0.05) is 11.6 Å². The number of halogens is 2. The quantitative estimate of drug-likeness (QED) is 0.835. The summed E-state index contributed by atoms with van der Waals surface area (Å²) >= 11 is 5.66. The molecule has 1 aliphatic rings. The van der Waals surface area contributed by atoms with Gasteiger partial charge in [0.05, 0.1) is 27.9 Å². The monoisotopic (exact) mass is 292 g/mol. The maximum atomic E-state index is 13.1. The Bertz CT molecular complexity index is 562. The number of rotatable bonds is 3. The van der Waals surface area contributed by atoms with E-state index < -0.39 is 15.7 Å². The fourth-order valence-electron chi connectivity index (χ4n) is 2.00. The predicted molar refractivity (Wildman–Crippen MR) is 71.1 cm³/mol. The van der Waals surface area contributed by atoms with Crippen LogP contribution in [0.3, 0.4) is 0 Å². The van der Waals surface area contributed by atoms with Crippen LogP contribution in [0, 0.1) is 11.7 Å². The van der Waals surface area contributed by atoms with Crippen LogP contribution in [0.2, 0.25) is 5.02 Å². The molecule has 0 radical (unpaired) electrons. The minimum absolute atomic E-state index is 0.00857. The first-order valence-corrected chi connectivity index (χ1v) is 7.76. The second-order valence-electron chi connectivity index (χ2n) is 4.50. The molecular weight excluding hydrogens is 279 g/mol. The minimum Gasteiger partial charge on any atom is -0.397 e. The lowest BCUT2D eigenvalue weighted by Gasteiger charge is -2.13. The van der Waals surface area contributed by atoms with Crippen molar-refractivity contribution in [3.8, 4) is 0 Å². The second kappa shape index (κ2) is 4.93. The number of nitrogens with two attached hydrogens (primary N) is 1. The summed E-state index contributed by atoms with van der Waals surface area (Å²) in [5.74, 6) is -0.0743. The van der Waals surface area contributed by atoms with Crippen molar-refractivity contribution in [2.75, 3.05) is 29.1 Å². The normalized spacial score (nSPS) is 22.0. The number of benzene rings is 1. The summed E-state index contributed by atoms with van der Waals surface area (Å²) in [5, 5.41) is 3.01. The number of hydrogen-bond acceptors (Lipinski definition) is 4. The van der Waals surface area contributed by atoms with Gasteiger partial charge in [-0.25, -0.2) is 12.8 Å². The van der Waals surface area contributed by atoms with Crippen LogP contribution in [0.25, 0.3) is 0 Å². The Morgan fingerprint density at radius 1 is 1.50 bits per heavy atom. The summed E-state index contributed by atoms with van der Waals surface area (Å²) in [6.45, 7) is 0.491. The molecule has 3 N–H and O–H groups in total. The molecule has 0 bridgehead atoms. The summed E-state index contributed by atoms with van der Waals surface area (Å²) in [5.41, 5.74) is 6.44. The zero-order valence-corrected chi connectivity index (χ0v) is 11.2. The van der Waals surface area contributed by atoms with Gasteiger partial charge in [-0.05, 0) is 18.4 Å². The average Bonchev–Trinajstić information content (AvgIpc) is 2.62. The van der Waals surface area contributed by atoms with Gasteiger partial charge in [-0.3, -0.25) is 0 Å². The summed E-state index contributed by atoms with van der Waals surface area (Å²) in [7, 11) is -2.88. The van der Waals surface area contributed by atoms with Gasteiger partial charge in [0, 0.05) is 12.6 Å². The maximum Gasteiger partial charge on any atom is 0.150 e. The van der Waals surface area contributed by atoms with E-state index in [2.05, 4.69) is 5.32 Å². The van der Waals surface area contributed by atoms with Crippen LogP contribution in [0.4, 0.5) is 15.8 Å². The summed E-state index contributed by atoms with van der Waals surface area (Å²) in [6, 6.07) is 2.56. The molecule has 1 aromatic rings. The minimum atomic E-state index is -2.88. The lowest BCUT2D eigenvalue weighted by Crippen LogP contribution is -2.16. The van der Waals surface area contributed by atoms with E-state index >= 15 is 0 Å². The van der Waals surface area contributed by atoms with Crippen LogP contribution in [0.15, 0.2) is 12.1 Å². The van der Waals surface area contributed by atoms with Crippen molar-refractivity contribution >= 4 is 32.8 Å². The largest absolute Gasteiger partial charge is 0.397 e. The van der Waals surface area contributed by atoms with Crippen LogP contribution < -0.4 is 11.1 Å². The first kappa shape index (κ1) is 13.4. The van der Waals surface area contributed by atoms with E-state index in [9.17, 15) is 12.8 Å². The highest BCUT2D eigenvalue weighted by Gasteiger charge is 2.27. The van der Waals surface area contributed by atoms with E-state index in [1.807, 2.05) is 0 Å². The standard InChI is InChI=1S/C11H14ClFN2O2S/c12-8-3-11(10(14)4-9(8)13)15-5-7-1-2-18(16,17)6-7/h3-4,7,15H,1-2,5-6,14H2. The Balaban J connectivity index is 2.01. The van der Waals surface area contributed by atoms with E-state index in [1.54, 1.807) is 0 Å². The molecule has 1 aromatic carbocycles. The van der Waals surface area contributed by atoms with Crippen molar-refractivity contribution < 1.29 is 12.8 Å². The number of sulfone groups is 1. The molecule has 4 nitrogen and oxygen atoms in total. The molecule has 0 amide bonds. The third-order valence-electron chi connectivity index (χ3n) is 3.00. The van der Waals surface area contributed by atoms with Crippen LogP contribution in [0.5, 0.6) is 0 Å². The molecule has 1 unspecified atom stereocenters. The van der Waals surface area contributed by atoms with Gasteiger partial charge in [0.15, 0.2) is 9.84 Å². The van der Waals surface area contributed by atoms with Crippen molar-refractivity contribution in [3.05, 3.63) is 23.0 Å². The second-order valence-corrected chi connectivity index (χ2v) is 7.14. The molecule has 2 rings (SSSR count). The van der Waals surface area contributed by atoms with Crippen molar-refractivity contribution in [1.29, 1.82) is 0 Å². The molecule has 1 heterocycles. The van der Waals surface area contributed by atoms with Gasteiger partial charge in [0.2, 0.25) is 0 Å². The molecule has 1 saturated heterocycles. The van der Waals surface area contributed by atoms with Crippen LogP contribution in [0.1, 0.15) is 6.42 Å². The molecule has 7 heteroatoms. The van der Waals surface area contributed by atoms with Gasteiger partial charge in [0.25, 0.3) is 0 Å². The fraction of sp³-hybridized carbons (Fsp3) is 0.455. The Morgan fingerprint density at radius 3 is 2.83 bits per heavy atom. The van der Waals surface area contributed by atoms with E-state index in [4.69, 9.17) is 17.3 Å². The summed E-state index contributed by atoms with van der Waals surface area (Å²) < 4.78 is 35.7. The highest BCUT2D eigenvalue weighted by molar-refractivity contribution is 7.91. The summed E-state index contributed by atoms with van der Waals surface area (Å²) in [4.78, 5) is 0. The third-order valence-corrected chi connectivity index (χ3v) is 5.13. The molecule has 0 aliphatic carbocycles. The molecule has 0 spiro atoms. The number of hydrogen-bond donors (Lipinski definition) is 2. The predicted octanol–water partition coefficient (Wildman–Crippen LogP) is 1.91. The third kappa shape index (κ3) is 3.05. The zero-order chi connectivity index (χ0) is 13.3. The van der Waals surface area contributed by atoms with Gasteiger partial charge >= 0.3 is 0 Å². The molecule has 0 saturated carbocycles. The number of nitrogens with one attached hydrogen (secondary N) is 1. The van der Waals surface area contributed by atoms with Crippen LogP contribution in [-0.4, -0.2) is 26.5 Å². The molecule has 1 aliphatic heterocycles. The van der Waals surface area contributed by atoms with E-state index in [1.165, 1.54) is 6.07 Å². The highest BCUT2D eigenvalue weighted by atomic mass is 35.5. The first-order valence-electron chi connectivity index (χ1n) is 5.56. The van der Waals surface area contributed by atoms with Crippen molar-refractivity contribution in [3.63, 3.8) is 0 Å². The van der Waals surface area contributed by atoms with Crippen LogP contribution in [-0.2, 0) is 9.84 Å². The lowest BCUT2D eigenvalue weighted by atomic mass is 10.1. The number of anilines is 2. The highest BCUT2D eigenvalue weighted by Crippen LogP contribution is 2.27. The molecule has 1 atom stereocenters. The lowest BCUT2D eigenvalue weighted by molar-refractivity contribution is 0.596. The Kier molecular flexibility index (Phi) is 3.68. The van der Waals surface area contributed by atoms with Crippen LogP contribution >= 0.6 is 11.6 Å². The van der Waals surface area contributed by atoms with Gasteiger partial charge in [-0.2, -0.15) is 0 Å². The molecule has 18 heavy (non-hydrogen) atoms. The van der Waals surface area contributed by atoms with Gasteiger partial charge in [-0.15, -0.1) is 0 Å². The molecular formula is C11H14ClFN2O2S.